The van der Waals surface area contributed by atoms with E-state index in [-0.39, 0.29) is 5.69 Å². The van der Waals surface area contributed by atoms with Crippen molar-refractivity contribution in [3.05, 3.63) is 34.1 Å². The van der Waals surface area contributed by atoms with E-state index in [4.69, 9.17) is 0 Å². The van der Waals surface area contributed by atoms with Gasteiger partial charge in [0.15, 0.2) is 0 Å². The molecule has 5 nitrogen and oxygen atoms in total. The first kappa shape index (κ1) is 14.7. The minimum absolute atomic E-state index is 0.220. The highest BCUT2D eigenvalue weighted by atomic mass is 19.1. The molecule has 0 spiro atoms. The molecule has 2 rings (SSSR count). The van der Waals surface area contributed by atoms with Gasteiger partial charge < -0.3 is 10.2 Å². The molecule has 1 aromatic carbocycles. The van der Waals surface area contributed by atoms with E-state index in [1.165, 1.54) is 37.8 Å². The van der Waals surface area contributed by atoms with Crippen molar-refractivity contribution in [3.63, 3.8) is 0 Å². The maximum Gasteiger partial charge on any atom is 0.274 e. The maximum absolute atomic E-state index is 13.3. The van der Waals surface area contributed by atoms with Crippen LogP contribution in [0.4, 0.5) is 15.8 Å². The Hall–Kier alpha value is -1.69. The van der Waals surface area contributed by atoms with Gasteiger partial charge in [-0.25, -0.2) is 4.39 Å². The number of anilines is 1. The second-order valence-corrected chi connectivity index (χ2v) is 5.14. The molecule has 0 radical (unpaired) electrons. The zero-order chi connectivity index (χ0) is 14.4. The largest absolute Gasteiger partial charge is 0.383 e. The fourth-order valence-electron chi connectivity index (χ4n) is 2.50. The normalized spacial score (nSPS) is 16.6. The molecule has 1 aliphatic rings. The standard InChI is InChI=1S/C14H20FN3O2/c15-12-9-13(11-14(10-12)18(19)20)16-5-8-17-6-3-1-2-4-7-17/h9-11,16H,1-8H2. The van der Waals surface area contributed by atoms with E-state index in [0.717, 1.165) is 25.7 Å². The Morgan fingerprint density at radius 3 is 2.55 bits per heavy atom. The van der Waals surface area contributed by atoms with E-state index in [9.17, 15) is 14.5 Å². The van der Waals surface area contributed by atoms with Crippen molar-refractivity contribution < 1.29 is 9.31 Å². The number of benzene rings is 1. The SMILES string of the molecule is O=[N+]([O-])c1cc(F)cc(NCCN2CCCCCC2)c1. The Morgan fingerprint density at radius 2 is 1.90 bits per heavy atom. The first-order valence-electron chi connectivity index (χ1n) is 7.06. The van der Waals surface area contributed by atoms with Gasteiger partial charge in [-0.3, -0.25) is 10.1 Å². The molecule has 0 aromatic heterocycles. The molecule has 6 heteroatoms. The summed E-state index contributed by atoms with van der Waals surface area (Å²) in [6, 6.07) is 3.58. The van der Waals surface area contributed by atoms with Crippen LogP contribution in [0.15, 0.2) is 18.2 Å². The van der Waals surface area contributed by atoms with Crippen molar-refractivity contribution in [1.82, 2.24) is 4.90 Å². The quantitative estimate of drug-likeness (QED) is 0.665. The number of non-ortho nitro benzene ring substituents is 1. The summed E-state index contributed by atoms with van der Waals surface area (Å²) in [5.41, 5.74) is 0.244. The van der Waals surface area contributed by atoms with Crippen molar-refractivity contribution in [2.45, 2.75) is 25.7 Å². The molecule has 1 heterocycles. The molecule has 1 aliphatic heterocycles. The van der Waals surface area contributed by atoms with Gasteiger partial charge in [-0.2, -0.15) is 0 Å². The van der Waals surface area contributed by atoms with Crippen LogP contribution in [0.5, 0.6) is 0 Å². The third-order valence-corrected chi connectivity index (χ3v) is 3.55. The fourth-order valence-corrected chi connectivity index (χ4v) is 2.50. The minimum Gasteiger partial charge on any atom is -0.383 e. The molecule has 0 atom stereocenters. The molecule has 1 N–H and O–H groups in total. The van der Waals surface area contributed by atoms with E-state index in [1.807, 2.05) is 0 Å². The van der Waals surface area contributed by atoms with Gasteiger partial charge in [0.2, 0.25) is 0 Å². The smallest absolute Gasteiger partial charge is 0.274 e. The first-order chi connectivity index (χ1) is 9.65. The van der Waals surface area contributed by atoms with Crippen LogP contribution in [0.25, 0.3) is 0 Å². The van der Waals surface area contributed by atoms with Crippen LogP contribution in [-0.2, 0) is 0 Å². The summed E-state index contributed by atoms with van der Waals surface area (Å²) in [5.74, 6) is -0.587. The fraction of sp³-hybridized carbons (Fsp3) is 0.571. The number of nitrogens with zero attached hydrogens (tertiary/aromatic N) is 2. The third kappa shape index (κ3) is 4.45. The van der Waals surface area contributed by atoms with Crippen LogP contribution in [-0.4, -0.2) is 36.0 Å². The Kier molecular flexibility index (Phi) is 5.29. The Labute approximate surface area is 117 Å². The summed E-state index contributed by atoms with van der Waals surface area (Å²) >= 11 is 0. The molecule has 1 fully saturated rings. The predicted octanol–water partition coefficient (Wildman–Crippen LogP) is 3.02. The number of nitro benzene ring substituents is 1. The Morgan fingerprint density at radius 1 is 1.20 bits per heavy atom. The van der Waals surface area contributed by atoms with E-state index in [2.05, 4.69) is 10.2 Å². The van der Waals surface area contributed by atoms with Crippen LogP contribution < -0.4 is 5.32 Å². The molecule has 0 amide bonds. The zero-order valence-corrected chi connectivity index (χ0v) is 11.5. The summed E-state index contributed by atoms with van der Waals surface area (Å²) in [4.78, 5) is 12.5. The van der Waals surface area contributed by atoms with Gasteiger partial charge in [0.05, 0.1) is 11.0 Å². The van der Waals surface area contributed by atoms with Gasteiger partial charge in [0, 0.05) is 24.8 Å². The summed E-state index contributed by atoms with van der Waals surface area (Å²) in [7, 11) is 0. The summed E-state index contributed by atoms with van der Waals surface area (Å²) in [6.07, 6.45) is 5.04. The predicted molar refractivity (Wildman–Crippen MR) is 76.5 cm³/mol. The molecule has 0 saturated carbocycles. The van der Waals surface area contributed by atoms with Gasteiger partial charge in [0.25, 0.3) is 5.69 Å². The van der Waals surface area contributed by atoms with Crippen molar-refractivity contribution in [3.8, 4) is 0 Å². The third-order valence-electron chi connectivity index (χ3n) is 3.55. The molecule has 110 valence electrons. The molecule has 0 aliphatic carbocycles. The van der Waals surface area contributed by atoms with Crippen molar-refractivity contribution in [2.75, 3.05) is 31.5 Å². The number of halogens is 1. The van der Waals surface area contributed by atoms with Gasteiger partial charge in [-0.1, -0.05) is 12.8 Å². The average Bonchev–Trinajstić information content (AvgIpc) is 2.67. The second-order valence-electron chi connectivity index (χ2n) is 5.14. The Bertz CT molecular complexity index is 460. The lowest BCUT2D eigenvalue weighted by Gasteiger charge is -2.20. The molecule has 1 aromatic rings. The number of nitro groups is 1. The second kappa shape index (κ2) is 7.19. The molecular weight excluding hydrogens is 261 g/mol. The van der Waals surface area contributed by atoms with Crippen LogP contribution in [0, 0.1) is 15.9 Å². The lowest BCUT2D eigenvalue weighted by Crippen LogP contribution is -2.29. The lowest BCUT2D eigenvalue weighted by molar-refractivity contribution is -0.385. The van der Waals surface area contributed by atoms with E-state index in [0.29, 0.717) is 12.2 Å². The summed E-state index contributed by atoms with van der Waals surface area (Å²) in [6.45, 7) is 3.75. The van der Waals surface area contributed by atoms with Gasteiger partial charge >= 0.3 is 0 Å². The number of rotatable bonds is 5. The van der Waals surface area contributed by atoms with Crippen molar-refractivity contribution in [2.24, 2.45) is 0 Å². The number of hydrogen-bond acceptors (Lipinski definition) is 4. The average molecular weight is 281 g/mol. The summed E-state index contributed by atoms with van der Waals surface area (Å²) < 4.78 is 13.3. The van der Waals surface area contributed by atoms with E-state index >= 15 is 0 Å². The van der Waals surface area contributed by atoms with Crippen LogP contribution >= 0.6 is 0 Å². The van der Waals surface area contributed by atoms with Gasteiger partial charge in [0.1, 0.15) is 5.82 Å². The number of likely N-dealkylation sites (tertiary alicyclic amines) is 1. The summed E-state index contributed by atoms with van der Waals surface area (Å²) in [5, 5.41) is 13.7. The highest BCUT2D eigenvalue weighted by Gasteiger charge is 2.11. The molecule has 0 unspecified atom stereocenters. The number of nitrogens with one attached hydrogen (secondary N) is 1. The lowest BCUT2D eigenvalue weighted by atomic mass is 10.2. The van der Waals surface area contributed by atoms with E-state index < -0.39 is 10.7 Å². The molecule has 0 bridgehead atoms. The first-order valence-corrected chi connectivity index (χ1v) is 7.06. The maximum atomic E-state index is 13.3. The molecule has 1 saturated heterocycles. The Balaban J connectivity index is 1.85. The zero-order valence-electron chi connectivity index (χ0n) is 11.5. The highest BCUT2D eigenvalue weighted by molar-refractivity contribution is 5.51. The number of hydrogen-bond donors (Lipinski definition) is 1. The monoisotopic (exact) mass is 281 g/mol. The van der Waals surface area contributed by atoms with E-state index in [1.54, 1.807) is 0 Å². The van der Waals surface area contributed by atoms with Gasteiger partial charge in [-0.05, 0) is 32.0 Å². The minimum atomic E-state index is -0.587. The topological polar surface area (TPSA) is 58.4 Å². The van der Waals surface area contributed by atoms with Crippen LogP contribution in [0.2, 0.25) is 0 Å². The van der Waals surface area contributed by atoms with Crippen molar-refractivity contribution in [1.29, 1.82) is 0 Å². The highest BCUT2D eigenvalue weighted by Crippen LogP contribution is 2.19. The molecular formula is C14H20FN3O2. The van der Waals surface area contributed by atoms with Gasteiger partial charge in [-0.15, -0.1) is 0 Å². The van der Waals surface area contributed by atoms with Crippen LogP contribution in [0.1, 0.15) is 25.7 Å². The molecule has 20 heavy (non-hydrogen) atoms. The van der Waals surface area contributed by atoms with Crippen LogP contribution in [0.3, 0.4) is 0 Å². The van der Waals surface area contributed by atoms with Crippen molar-refractivity contribution >= 4 is 11.4 Å².